The van der Waals surface area contributed by atoms with Crippen LogP contribution in [0.2, 0.25) is 0 Å². The minimum Gasteiger partial charge on any atom is -0.384 e. The van der Waals surface area contributed by atoms with Crippen LogP contribution in [0.3, 0.4) is 0 Å². The van der Waals surface area contributed by atoms with Crippen molar-refractivity contribution in [2.45, 2.75) is 45.1 Å². The molecule has 2 rings (SSSR count). The van der Waals surface area contributed by atoms with Crippen LogP contribution in [0.25, 0.3) is 0 Å². The highest BCUT2D eigenvalue weighted by Gasteiger charge is 2.22. The molecule has 1 fully saturated rings. The molecule has 1 aliphatic rings. The van der Waals surface area contributed by atoms with Crippen molar-refractivity contribution in [1.29, 1.82) is 0 Å². The molecule has 22 heavy (non-hydrogen) atoms. The molecule has 0 aromatic heterocycles. The fraction of sp³-hybridized carbons (Fsp3) is 0.611. The highest BCUT2D eigenvalue weighted by Crippen LogP contribution is 2.33. The van der Waals surface area contributed by atoms with Gasteiger partial charge >= 0.3 is 0 Å². The Hall–Kier alpha value is -1.55. The average Bonchev–Trinajstić information content (AvgIpc) is 3.34. The third-order valence-electron chi connectivity index (χ3n) is 4.06. The van der Waals surface area contributed by atoms with Crippen LogP contribution in [-0.4, -0.2) is 30.7 Å². The monoisotopic (exact) mass is 303 g/mol. The summed E-state index contributed by atoms with van der Waals surface area (Å²) >= 11 is 0. The number of hydrogen-bond acceptors (Lipinski definition) is 2. The van der Waals surface area contributed by atoms with Crippen molar-refractivity contribution in [1.82, 2.24) is 10.6 Å². The number of hydrogen-bond donors (Lipinski definition) is 3. The van der Waals surface area contributed by atoms with Gasteiger partial charge in [-0.2, -0.15) is 0 Å². The van der Waals surface area contributed by atoms with Gasteiger partial charge in [0.05, 0.1) is 6.54 Å². The number of aliphatic imine (C=N–C) groups is 1. The van der Waals surface area contributed by atoms with E-state index in [9.17, 15) is 5.11 Å². The third-order valence-corrected chi connectivity index (χ3v) is 4.06. The summed E-state index contributed by atoms with van der Waals surface area (Å²) in [6, 6.07) is 9.70. The van der Waals surface area contributed by atoms with E-state index >= 15 is 0 Å². The Labute approximate surface area is 134 Å². The minimum absolute atomic E-state index is 0.342. The van der Waals surface area contributed by atoms with E-state index in [1.165, 1.54) is 25.7 Å². The van der Waals surface area contributed by atoms with Gasteiger partial charge in [0.2, 0.25) is 0 Å². The van der Waals surface area contributed by atoms with Gasteiger partial charge in [-0.25, -0.2) is 4.99 Å². The molecular formula is C18H29N3O. The zero-order chi connectivity index (χ0) is 15.8. The van der Waals surface area contributed by atoms with E-state index in [1.807, 2.05) is 37.3 Å². The first-order valence-electron chi connectivity index (χ1n) is 8.42. The van der Waals surface area contributed by atoms with Crippen molar-refractivity contribution in [2.75, 3.05) is 19.6 Å². The summed E-state index contributed by atoms with van der Waals surface area (Å²) in [5.74, 6) is 1.76. The number of nitrogens with zero attached hydrogens (tertiary/aromatic N) is 1. The van der Waals surface area contributed by atoms with Crippen molar-refractivity contribution >= 4 is 5.96 Å². The molecule has 1 aromatic carbocycles. The van der Waals surface area contributed by atoms with Gasteiger partial charge in [-0.05, 0) is 38.2 Å². The summed E-state index contributed by atoms with van der Waals surface area (Å²) in [6.07, 6.45) is 5.32. The zero-order valence-corrected chi connectivity index (χ0v) is 13.8. The van der Waals surface area contributed by atoms with Gasteiger partial charge in [-0.1, -0.05) is 43.2 Å². The molecule has 0 spiro atoms. The Kier molecular flexibility index (Phi) is 6.25. The smallest absolute Gasteiger partial charge is 0.191 e. The van der Waals surface area contributed by atoms with E-state index in [2.05, 4.69) is 22.5 Å². The molecule has 1 saturated carbocycles. The first-order chi connectivity index (χ1) is 10.6. The predicted octanol–water partition coefficient (Wildman–Crippen LogP) is 2.64. The highest BCUT2D eigenvalue weighted by molar-refractivity contribution is 5.79. The summed E-state index contributed by atoms with van der Waals surface area (Å²) in [4.78, 5) is 4.54. The van der Waals surface area contributed by atoms with Crippen molar-refractivity contribution in [2.24, 2.45) is 10.9 Å². The Bertz CT molecular complexity index is 466. The average molecular weight is 303 g/mol. The number of nitrogens with one attached hydrogen (secondary N) is 2. The fourth-order valence-electron chi connectivity index (χ4n) is 2.47. The molecule has 1 aliphatic carbocycles. The molecule has 0 radical (unpaired) electrons. The molecule has 0 heterocycles. The fourth-order valence-corrected chi connectivity index (χ4v) is 2.47. The lowest BCUT2D eigenvalue weighted by Crippen LogP contribution is -2.39. The second-order valence-corrected chi connectivity index (χ2v) is 6.35. The molecule has 1 aromatic rings. The van der Waals surface area contributed by atoms with Gasteiger partial charge in [0.1, 0.15) is 5.60 Å². The van der Waals surface area contributed by atoms with Crippen molar-refractivity contribution in [3.05, 3.63) is 35.9 Å². The van der Waals surface area contributed by atoms with Crippen molar-refractivity contribution < 1.29 is 5.11 Å². The van der Waals surface area contributed by atoms with Crippen LogP contribution < -0.4 is 10.6 Å². The molecule has 0 saturated heterocycles. The predicted molar refractivity (Wildman–Crippen MR) is 92.0 cm³/mol. The van der Waals surface area contributed by atoms with Gasteiger partial charge < -0.3 is 15.7 Å². The third kappa shape index (κ3) is 5.68. The summed E-state index contributed by atoms with van der Waals surface area (Å²) in [5.41, 5.74) is -0.0548. The first kappa shape index (κ1) is 16.8. The van der Waals surface area contributed by atoms with Crippen LogP contribution in [-0.2, 0) is 5.60 Å². The lowest BCUT2D eigenvalue weighted by molar-refractivity contribution is 0.0672. The standard InChI is InChI=1S/C18H29N3O/c1-3-19-17(20-13-7-8-15-11-12-15)21-14-18(2,22)16-9-5-4-6-10-16/h4-6,9-10,15,22H,3,7-8,11-14H2,1-2H3,(H2,19,20,21). The second-order valence-electron chi connectivity index (χ2n) is 6.35. The molecule has 3 N–H and O–H groups in total. The van der Waals surface area contributed by atoms with Gasteiger partial charge in [0, 0.05) is 13.1 Å². The molecule has 4 nitrogen and oxygen atoms in total. The topological polar surface area (TPSA) is 56.7 Å². The summed E-state index contributed by atoms with van der Waals surface area (Å²) in [6.45, 7) is 5.96. The summed E-state index contributed by atoms with van der Waals surface area (Å²) in [7, 11) is 0. The van der Waals surface area contributed by atoms with Crippen LogP contribution >= 0.6 is 0 Å². The Morgan fingerprint density at radius 1 is 1.27 bits per heavy atom. The second kappa shape index (κ2) is 8.18. The molecule has 0 aliphatic heterocycles. The zero-order valence-electron chi connectivity index (χ0n) is 13.8. The van der Waals surface area contributed by atoms with Crippen LogP contribution in [0.5, 0.6) is 0 Å². The first-order valence-corrected chi connectivity index (χ1v) is 8.42. The maximum absolute atomic E-state index is 10.6. The van der Waals surface area contributed by atoms with Gasteiger partial charge in [0.15, 0.2) is 5.96 Å². The minimum atomic E-state index is -0.947. The quantitative estimate of drug-likeness (QED) is 0.393. The molecule has 1 unspecified atom stereocenters. The Morgan fingerprint density at radius 3 is 2.64 bits per heavy atom. The molecule has 4 heteroatoms. The van der Waals surface area contributed by atoms with Gasteiger partial charge in [0.25, 0.3) is 0 Å². The van der Waals surface area contributed by atoms with E-state index < -0.39 is 5.60 Å². The van der Waals surface area contributed by atoms with Gasteiger partial charge in [-0.15, -0.1) is 0 Å². The molecule has 0 amide bonds. The van der Waals surface area contributed by atoms with Crippen LogP contribution in [0.15, 0.2) is 35.3 Å². The van der Waals surface area contributed by atoms with E-state index in [4.69, 9.17) is 0 Å². The Balaban J connectivity index is 1.84. The number of benzene rings is 1. The molecule has 122 valence electrons. The van der Waals surface area contributed by atoms with E-state index in [-0.39, 0.29) is 0 Å². The molecular weight excluding hydrogens is 274 g/mol. The Morgan fingerprint density at radius 2 is 2.00 bits per heavy atom. The van der Waals surface area contributed by atoms with Crippen LogP contribution in [0, 0.1) is 5.92 Å². The maximum atomic E-state index is 10.6. The largest absolute Gasteiger partial charge is 0.384 e. The SMILES string of the molecule is CCNC(=NCC(C)(O)c1ccccc1)NCCCC1CC1. The summed E-state index contributed by atoms with van der Waals surface area (Å²) in [5, 5.41) is 17.2. The number of rotatable bonds is 8. The highest BCUT2D eigenvalue weighted by atomic mass is 16.3. The van der Waals surface area contributed by atoms with E-state index in [0.29, 0.717) is 6.54 Å². The van der Waals surface area contributed by atoms with Crippen LogP contribution in [0.4, 0.5) is 0 Å². The van der Waals surface area contributed by atoms with E-state index in [0.717, 1.165) is 30.5 Å². The summed E-state index contributed by atoms with van der Waals surface area (Å²) < 4.78 is 0. The molecule has 1 atom stereocenters. The lowest BCUT2D eigenvalue weighted by Gasteiger charge is -2.22. The van der Waals surface area contributed by atoms with Gasteiger partial charge in [-0.3, -0.25) is 0 Å². The van der Waals surface area contributed by atoms with E-state index in [1.54, 1.807) is 0 Å². The normalized spacial score (nSPS) is 17.9. The number of guanidine groups is 1. The number of aliphatic hydroxyl groups is 1. The van der Waals surface area contributed by atoms with Crippen molar-refractivity contribution in [3.63, 3.8) is 0 Å². The lowest BCUT2D eigenvalue weighted by atomic mass is 9.96. The maximum Gasteiger partial charge on any atom is 0.191 e. The van der Waals surface area contributed by atoms with Crippen LogP contribution in [0.1, 0.15) is 45.1 Å². The van der Waals surface area contributed by atoms with Crippen molar-refractivity contribution in [3.8, 4) is 0 Å². The molecule has 0 bridgehead atoms.